The van der Waals surface area contributed by atoms with Crippen molar-refractivity contribution in [2.24, 2.45) is 0 Å². The summed E-state index contributed by atoms with van der Waals surface area (Å²) in [5.74, 6) is -4.62. The van der Waals surface area contributed by atoms with Gasteiger partial charge < -0.3 is 4.74 Å². The summed E-state index contributed by atoms with van der Waals surface area (Å²) in [6.45, 7) is 2.12. The molecule has 3 aromatic carbocycles. The first kappa shape index (κ1) is 20.4. The molecule has 0 heterocycles. The average Bonchev–Trinajstić information content (AvgIpc) is 2.68. The monoisotopic (exact) mass is 397 g/mol. The van der Waals surface area contributed by atoms with Crippen molar-refractivity contribution in [2.45, 2.75) is 32.6 Å². The minimum atomic E-state index is -1.16. The van der Waals surface area contributed by atoms with Crippen molar-refractivity contribution in [2.75, 3.05) is 0 Å². The van der Waals surface area contributed by atoms with Crippen LogP contribution >= 0.6 is 0 Å². The first-order chi connectivity index (χ1) is 13.9. The highest BCUT2D eigenvalue weighted by Gasteiger charge is 2.19. The van der Waals surface area contributed by atoms with Crippen molar-refractivity contribution < 1.29 is 22.7 Å². The molecule has 0 unspecified atom stereocenters. The fourth-order valence-electron chi connectivity index (χ4n) is 3.11. The zero-order valence-corrected chi connectivity index (χ0v) is 15.8. The normalized spacial score (nSPS) is 10.7. The molecule has 0 bridgehead atoms. The average molecular weight is 397 g/mol. The number of nitrogens with zero attached hydrogens (tertiary/aromatic N) is 1. The number of unbranched alkanes of at least 4 members (excludes halogenated alkanes) is 2. The number of hydrogen-bond donors (Lipinski definition) is 0. The van der Waals surface area contributed by atoms with Gasteiger partial charge in [0.05, 0.1) is 5.56 Å². The SMILES string of the molecule is CCCCCc1ccc2c(F)c(C(=O)Oc3cc(F)c(C#N)c(F)c3)ccc2c1. The third-order valence-electron chi connectivity index (χ3n) is 4.65. The third kappa shape index (κ3) is 4.40. The zero-order valence-electron chi connectivity index (χ0n) is 15.8. The number of carbonyl (C=O) groups excluding carboxylic acids is 1. The molecule has 0 aromatic heterocycles. The molecule has 0 fully saturated rings. The fraction of sp³-hybridized carbons (Fsp3) is 0.217. The molecule has 3 nitrogen and oxygen atoms in total. The van der Waals surface area contributed by atoms with E-state index in [-0.39, 0.29) is 10.9 Å². The lowest BCUT2D eigenvalue weighted by molar-refractivity contribution is 0.0729. The Morgan fingerprint density at radius 3 is 2.41 bits per heavy atom. The van der Waals surface area contributed by atoms with Crippen LogP contribution in [0.5, 0.6) is 5.75 Å². The molecule has 0 aliphatic rings. The minimum absolute atomic E-state index is 0.260. The number of aryl methyl sites for hydroxylation is 1. The van der Waals surface area contributed by atoms with Gasteiger partial charge in [-0.05, 0) is 29.9 Å². The van der Waals surface area contributed by atoms with E-state index in [1.165, 1.54) is 12.1 Å². The molecule has 0 atom stereocenters. The second kappa shape index (κ2) is 8.78. The molecule has 0 N–H and O–H groups in total. The standard InChI is InChI=1S/C23H18F3NO2/c1-2-3-4-5-14-6-8-17-15(10-14)7-9-18(22(17)26)23(28)29-16-11-20(24)19(13-27)21(25)12-16/h6-12H,2-5H2,1H3. The van der Waals surface area contributed by atoms with Gasteiger partial charge in [0, 0.05) is 17.5 Å². The minimum Gasteiger partial charge on any atom is -0.423 e. The van der Waals surface area contributed by atoms with Gasteiger partial charge >= 0.3 is 5.97 Å². The summed E-state index contributed by atoms with van der Waals surface area (Å²) in [4.78, 5) is 12.3. The third-order valence-corrected chi connectivity index (χ3v) is 4.65. The Balaban J connectivity index is 1.86. The van der Waals surface area contributed by atoms with Crippen molar-refractivity contribution in [3.63, 3.8) is 0 Å². The summed E-state index contributed by atoms with van der Waals surface area (Å²) < 4.78 is 47.1. The van der Waals surface area contributed by atoms with Crippen LogP contribution < -0.4 is 4.74 Å². The highest BCUT2D eigenvalue weighted by Crippen LogP contribution is 2.26. The Bertz CT molecular complexity index is 1100. The van der Waals surface area contributed by atoms with E-state index in [2.05, 4.69) is 6.92 Å². The fourth-order valence-corrected chi connectivity index (χ4v) is 3.11. The van der Waals surface area contributed by atoms with E-state index < -0.39 is 34.7 Å². The molecule has 0 aliphatic heterocycles. The second-order valence-corrected chi connectivity index (χ2v) is 6.70. The van der Waals surface area contributed by atoms with Gasteiger partial charge in [0.25, 0.3) is 0 Å². The van der Waals surface area contributed by atoms with Crippen molar-refractivity contribution in [3.05, 3.63) is 76.6 Å². The van der Waals surface area contributed by atoms with Crippen LogP contribution in [0.4, 0.5) is 13.2 Å². The van der Waals surface area contributed by atoms with Crippen molar-refractivity contribution >= 4 is 16.7 Å². The zero-order chi connectivity index (χ0) is 21.0. The molecule has 148 valence electrons. The van der Waals surface area contributed by atoms with E-state index in [0.717, 1.165) is 31.2 Å². The molecular formula is C23H18F3NO2. The molecular weight excluding hydrogens is 379 g/mol. The molecule has 0 radical (unpaired) electrons. The summed E-state index contributed by atoms with van der Waals surface area (Å²) >= 11 is 0. The van der Waals surface area contributed by atoms with Crippen LogP contribution in [0.3, 0.4) is 0 Å². The van der Waals surface area contributed by atoms with Gasteiger partial charge in [0.15, 0.2) is 0 Å². The molecule has 6 heteroatoms. The van der Waals surface area contributed by atoms with Crippen LogP contribution in [0.25, 0.3) is 10.8 Å². The Morgan fingerprint density at radius 2 is 1.76 bits per heavy atom. The first-order valence-corrected chi connectivity index (χ1v) is 9.27. The summed E-state index contributed by atoms with van der Waals surface area (Å²) in [6, 6.07) is 11.0. The van der Waals surface area contributed by atoms with Gasteiger partial charge in [-0.3, -0.25) is 0 Å². The molecule has 0 spiro atoms. The van der Waals surface area contributed by atoms with E-state index >= 15 is 0 Å². The largest absolute Gasteiger partial charge is 0.423 e. The molecule has 0 amide bonds. The first-order valence-electron chi connectivity index (χ1n) is 9.27. The Kier molecular flexibility index (Phi) is 6.18. The van der Waals surface area contributed by atoms with Crippen LogP contribution in [0.2, 0.25) is 0 Å². The van der Waals surface area contributed by atoms with E-state index in [1.807, 2.05) is 12.1 Å². The maximum atomic E-state index is 14.8. The summed E-state index contributed by atoms with van der Waals surface area (Å²) in [7, 11) is 0. The summed E-state index contributed by atoms with van der Waals surface area (Å²) in [5.41, 5.74) is -0.0398. The highest BCUT2D eigenvalue weighted by atomic mass is 19.1. The molecule has 0 saturated carbocycles. The van der Waals surface area contributed by atoms with Gasteiger partial charge in [0.1, 0.15) is 34.8 Å². The topological polar surface area (TPSA) is 50.1 Å². The Labute approximate surface area is 166 Å². The van der Waals surface area contributed by atoms with Gasteiger partial charge in [-0.25, -0.2) is 18.0 Å². The number of rotatable bonds is 6. The number of fused-ring (bicyclic) bond motifs is 1. The van der Waals surface area contributed by atoms with E-state index in [9.17, 15) is 18.0 Å². The van der Waals surface area contributed by atoms with Crippen LogP contribution in [0.1, 0.15) is 47.7 Å². The predicted molar refractivity (Wildman–Crippen MR) is 103 cm³/mol. The predicted octanol–water partition coefficient (Wildman–Crippen LogP) is 6.08. The Hall–Kier alpha value is -3.33. The molecule has 3 rings (SSSR count). The van der Waals surface area contributed by atoms with E-state index in [0.29, 0.717) is 17.5 Å². The van der Waals surface area contributed by atoms with Crippen LogP contribution in [-0.2, 0) is 6.42 Å². The number of benzene rings is 3. The van der Waals surface area contributed by atoms with E-state index in [1.54, 1.807) is 12.1 Å². The lowest BCUT2D eigenvalue weighted by Gasteiger charge is -2.09. The number of esters is 1. The van der Waals surface area contributed by atoms with Crippen LogP contribution in [0.15, 0.2) is 42.5 Å². The summed E-state index contributed by atoms with van der Waals surface area (Å²) in [6.07, 6.45) is 4.17. The highest BCUT2D eigenvalue weighted by molar-refractivity contribution is 5.97. The van der Waals surface area contributed by atoms with Gasteiger partial charge in [0.2, 0.25) is 0 Å². The van der Waals surface area contributed by atoms with Crippen LogP contribution in [0, 0.1) is 28.8 Å². The lowest BCUT2D eigenvalue weighted by Crippen LogP contribution is -2.11. The number of carbonyl (C=O) groups is 1. The Morgan fingerprint density at radius 1 is 1.03 bits per heavy atom. The van der Waals surface area contributed by atoms with Crippen molar-refractivity contribution in [1.29, 1.82) is 5.26 Å². The maximum absolute atomic E-state index is 14.8. The molecule has 3 aromatic rings. The maximum Gasteiger partial charge on any atom is 0.346 e. The van der Waals surface area contributed by atoms with Crippen LogP contribution in [-0.4, -0.2) is 5.97 Å². The van der Waals surface area contributed by atoms with Crippen molar-refractivity contribution in [1.82, 2.24) is 0 Å². The lowest BCUT2D eigenvalue weighted by atomic mass is 10.0. The van der Waals surface area contributed by atoms with E-state index in [4.69, 9.17) is 10.00 Å². The van der Waals surface area contributed by atoms with Crippen molar-refractivity contribution in [3.8, 4) is 11.8 Å². The summed E-state index contributed by atoms with van der Waals surface area (Å²) in [5, 5.41) is 9.60. The number of ether oxygens (including phenoxy) is 1. The number of nitriles is 1. The van der Waals surface area contributed by atoms with Gasteiger partial charge in [-0.1, -0.05) is 44.0 Å². The molecule has 0 saturated heterocycles. The smallest absolute Gasteiger partial charge is 0.346 e. The van der Waals surface area contributed by atoms with Gasteiger partial charge in [-0.2, -0.15) is 5.26 Å². The quantitative estimate of drug-likeness (QED) is 0.288. The number of hydrogen-bond acceptors (Lipinski definition) is 3. The van der Waals surface area contributed by atoms with Gasteiger partial charge in [-0.15, -0.1) is 0 Å². The molecule has 29 heavy (non-hydrogen) atoms. The molecule has 0 aliphatic carbocycles. The number of halogens is 3. The second-order valence-electron chi connectivity index (χ2n) is 6.70.